The first-order valence-corrected chi connectivity index (χ1v) is 12.2. The van der Waals surface area contributed by atoms with Crippen molar-refractivity contribution in [3.05, 3.63) is 99.7 Å². The minimum Gasteiger partial charge on any atom is -0.475 e. The summed E-state index contributed by atoms with van der Waals surface area (Å²) in [6.45, 7) is 3.21. The van der Waals surface area contributed by atoms with Crippen molar-refractivity contribution < 1.29 is 46.5 Å². The Hall–Kier alpha value is -4.52. The topological polar surface area (TPSA) is 113 Å². The van der Waals surface area contributed by atoms with Gasteiger partial charge in [-0.05, 0) is 48.7 Å². The quantitative estimate of drug-likeness (QED) is 0.293. The number of hydrogen-bond donors (Lipinski definition) is 3. The minimum absolute atomic E-state index is 0.187. The number of nitrogens with one attached hydrogen (secondary N) is 1. The van der Waals surface area contributed by atoms with Gasteiger partial charge >= 0.3 is 12.1 Å². The summed E-state index contributed by atoms with van der Waals surface area (Å²) < 4.78 is 67.0. The average Bonchev–Trinajstić information content (AvgIpc) is 3.38. The highest BCUT2D eigenvalue weighted by Crippen LogP contribution is 2.32. The van der Waals surface area contributed by atoms with Crippen LogP contribution in [-0.2, 0) is 17.8 Å². The van der Waals surface area contributed by atoms with Crippen LogP contribution in [0.5, 0.6) is 5.88 Å². The molecule has 41 heavy (non-hydrogen) atoms. The molecule has 0 unspecified atom stereocenters. The van der Waals surface area contributed by atoms with Crippen LogP contribution in [0.1, 0.15) is 44.3 Å². The molecule has 1 aliphatic rings. The maximum absolute atomic E-state index is 14.0. The van der Waals surface area contributed by atoms with Crippen LogP contribution >= 0.6 is 0 Å². The number of aliphatic hydroxyl groups excluding tert-OH is 1. The van der Waals surface area contributed by atoms with E-state index in [0.29, 0.717) is 23.2 Å². The van der Waals surface area contributed by atoms with Crippen molar-refractivity contribution in [3.63, 3.8) is 0 Å². The molecule has 2 heterocycles. The Morgan fingerprint density at radius 3 is 2.34 bits per heavy atom. The fraction of sp³-hybridized carbons (Fsp3) is 0.250. The molecule has 8 nitrogen and oxygen atoms in total. The standard InChI is InChI=1S/C26H23F2N3O3.C2HF3O2/c1-14-10-21-24(26(33)29-25-17-7-4-3-6-16(17)12-22(25)32)15(2)30-31(21)23(11-14)34-13-18-19(27)8-5-9-20(18)28;3-2(4,5)1(6)7/h3-11,22,25,32H,12-13H2,1-2H3,(H,29,33);(H,6,7)/t22-,25+;/m1./s1. The van der Waals surface area contributed by atoms with E-state index in [9.17, 15) is 31.9 Å². The van der Waals surface area contributed by atoms with Crippen molar-refractivity contribution in [2.75, 3.05) is 0 Å². The largest absolute Gasteiger partial charge is 0.490 e. The molecule has 0 bridgehead atoms. The molecule has 0 aliphatic heterocycles. The summed E-state index contributed by atoms with van der Waals surface area (Å²) in [5.41, 5.74) is 3.81. The number of rotatable bonds is 5. The number of carboxylic acids is 1. The van der Waals surface area contributed by atoms with Gasteiger partial charge in [-0.2, -0.15) is 22.8 Å². The lowest BCUT2D eigenvalue weighted by Gasteiger charge is -2.18. The molecule has 5 rings (SSSR count). The Morgan fingerprint density at radius 1 is 1.07 bits per heavy atom. The number of alkyl halides is 3. The lowest BCUT2D eigenvalue weighted by atomic mass is 10.1. The van der Waals surface area contributed by atoms with E-state index in [1.54, 1.807) is 19.1 Å². The number of hydrogen-bond acceptors (Lipinski definition) is 5. The van der Waals surface area contributed by atoms with Crippen LogP contribution in [-0.4, -0.2) is 44.0 Å². The molecule has 4 aromatic rings. The predicted molar refractivity (Wildman–Crippen MR) is 135 cm³/mol. The van der Waals surface area contributed by atoms with Crippen LogP contribution < -0.4 is 10.1 Å². The Labute approximate surface area is 230 Å². The number of aliphatic hydroxyl groups is 1. The van der Waals surface area contributed by atoms with Crippen LogP contribution in [0.15, 0.2) is 54.6 Å². The number of nitrogens with zero attached hydrogens (tertiary/aromatic N) is 2. The second-order valence-corrected chi connectivity index (χ2v) is 9.34. The monoisotopic (exact) mass is 577 g/mol. The van der Waals surface area contributed by atoms with Gasteiger partial charge in [0.2, 0.25) is 5.88 Å². The third-order valence-electron chi connectivity index (χ3n) is 6.41. The van der Waals surface area contributed by atoms with Crippen molar-refractivity contribution in [1.29, 1.82) is 0 Å². The van der Waals surface area contributed by atoms with Crippen LogP contribution in [0.3, 0.4) is 0 Å². The van der Waals surface area contributed by atoms with Crippen LogP contribution in [0.4, 0.5) is 22.0 Å². The zero-order chi connectivity index (χ0) is 30.1. The number of carbonyl (C=O) groups is 2. The maximum Gasteiger partial charge on any atom is 0.490 e. The van der Waals surface area contributed by atoms with E-state index in [2.05, 4.69) is 10.4 Å². The van der Waals surface area contributed by atoms with Crippen molar-refractivity contribution in [1.82, 2.24) is 14.9 Å². The summed E-state index contributed by atoms with van der Waals surface area (Å²) >= 11 is 0. The molecule has 1 aliphatic carbocycles. The zero-order valence-electron chi connectivity index (χ0n) is 21.7. The molecule has 0 saturated heterocycles. The first-order chi connectivity index (χ1) is 19.3. The lowest BCUT2D eigenvalue weighted by Crippen LogP contribution is -2.34. The second-order valence-electron chi connectivity index (χ2n) is 9.34. The molecular formula is C28H24F5N3O5. The molecule has 1 amide bonds. The summed E-state index contributed by atoms with van der Waals surface area (Å²) in [6.07, 6.45) is -5.33. The highest BCUT2D eigenvalue weighted by Gasteiger charge is 2.38. The fourth-order valence-corrected chi connectivity index (χ4v) is 4.52. The molecule has 0 saturated carbocycles. The summed E-state index contributed by atoms with van der Waals surface area (Å²) in [5, 5.41) is 25.1. The van der Waals surface area contributed by atoms with Crippen LogP contribution in [0.25, 0.3) is 5.52 Å². The van der Waals surface area contributed by atoms with Crippen LogP contribution in [0, 0.1) is 25.5 Å². The van der Waals surface area contributed by atoms with E-state index in [0.717, 1.165) is 16.7 Å². The Balaban J connectivity index is 0.000000493. The molecule has 0 spiro atoms. The van der Waals surface area contributed by atoms with E-state index in [1.807, 2.05) is 31.2 Å². The van der Waals surface area contributed by atoms with Gasteiger partial charge in [0.15, 0.2) is 0 Å². The highest BCUT2D eigenvalue weighted by atomic mass is 19.4. The first kappa shape index (κ1) is 29.5. The lowest BCUT2D eigenvalue weighted by molar-refractivity contribution is -0.192. The maximum atomic E-state index is 14.0. The molecule has 2 aromatic carbocycles. The van der Waals surface area contributed by atoms with Gasteiger partial charge in [-0.3, -0.25) is 4.79 Å². The van der Waals surface area contributed by atoms with Crippen molar-refractivity contribution in [2.24, 2.45) is 0 Å². The van der Waals surface area contributed by atoms with E-state index >= 15 is 0 Å². The predicted octanol–water partition coefficient (Wildman–Crippen LogP) is 4.83. The molecule has 0 radical (unpaired) electrons. The number of pyridine rings is 1. The summed E-state index contributed by atoms with van der Waals surface area (Å²) in [6, 6.07) is 14.2. The number of ether oxygens (including phenoxy) is 1. The Morgan fingerprint density at radius 2 is 1.71 bits per heavy atom. The third kappa shape index (κ3) is 6.30. The van der Waals surface area contributed by atoms with Gasteiger partial charge in [-0.15, -0.1) is 0 Å². The van der Waals surface area contributed by atoms with Gasteiger partial charge in [-0.25, -0.2) is 13.6 Å². The zero-order valence-corrected chi connectivity index (χ0v) is 21.7. The SMILES string of the molecule is Cc1cc(OCc2c(F)cccc2F)n2nc(C)c(C(=O)N[C@H]3c4ccccc4C[C@H]3O)c2c1.O=C(O)C(F)(F)F. The number of amides is 1. The summed E-state index contributed by atoms with van der Waals surface area (Å²) in [4.78, 5) is 22.2. The number of aromatic nitrogens is 2. The number of aryl methyl sites for hydroxylation is 2. The second kappa shape index (κ2) is 11.5. The van der Waals surface area contributed by atoms with Crippen molar-refractivity contribution in [3.8, 4) is 5.88 Å². The smallest absolute Gasteiger partial charge is 0.475 e. The number of benzene rings is 2. The van der Waals surface area contributed by atoms with E-state index in [-0.39, 0.29) is 24.0 Å². The normalized spacial score (nSPS) is 16.1. The minimum atomic E-state index is -5.08. The fourth-order valence-electron chi connectivity index (χ4n) is 4.52. The Bertz CT molecular complexity index is 1600. The van der Waals surface area contributed by atoms with Crippen molar-refractivity contribution >= 4 is 17.4 Å². The van der Waals surface area contributed by atoms with Crippen LogP contribution in [0.2, 0.25) is 0 Å². The molecule has 0 fully saturated rings. The number of halogens is 5. The number of aliphatic carboxylic acids is 1. The van der Waals surface area contributed by atoms with E-state index in [1.165, 1.54) is 22.7 Å². The van der Waals surface area contributed by atoms with Gasteiger partial charge in [0, 0.05) is 12.5 Å². The number of carbonyl (C=O) groups excluding carboxylic acids is 1. The molecular weight excluding hydrogens is 553 g/mol. The average molecular weight is 578 g/mol. The molecule has 2 atom stereocenters. The third-order valence-corrected chi connectivity index (χ3v) is 6.41. The van der Waals surface area contributed by atoms with Gasteiger partial charge in [0.05, 0.1) is 34.5 Å². The van der Waals surface area contributed by atoms with E-state index < -0.39 is 35.9 Å². The molecule has 216 valence electrons. The highest BCUT2D eigenvalue weighted by molar-refractivity contribution is 6.02. The number of carboxylic acid groups (broad SMARTS) is 1. The van der Waals surface area contributed by atoms with Gasteiger partial charge in [-0.1, -0.05) is 30.3 Å². The number of fused-ring (bicyclic) bond motifs is 2. The molecule has 13 heteroatoms. The summed E-state index contributed by atoms with van der Waals surface area (Å²) in [7, 11) is 0. The van der Waals surface area contributed by atoms with Gasteiger partial charge < -0.3 is 20.3 Å². The molecule has 2 aromatic heterocycles. The van der Waals surface area contributed by atoms with E-state index in [4.69, 9.17) is 14.6 Å². The van der Waals surface area contributed by atoms with Gasteiger partial charge in [0.25, 0.3) is 5.91 Å². The Kier molecular flexibility index (Phi) is 8.29. The van der Waals surface area contributed by atoms with Gasteiger partial charge in [0.1, 0.15) is 18.2 Å². The summed E-state index contributed by atoms with van der Waals surface area (Å²) in [5.74, 6) is -4.27. The van der Waals surface area contributed by atoms with Crippen molar-refractivity contribution in [2.45, 2.75) is 45.2 Å². The molecule has 3 N–H and O–H groups in total. The first-order valence-electron chi connectivity index (χ1n) is 12.2.